The molecule has 0 radical (unpaired) electrons. The minimum Gasteiger partial charge on any atom is -0.480 e. The fourth-order valence-corrected chi connectivity index (χ4v) is 2.53. The van der Waals surface area contributed by atoms with Gasteiger partial charge in [0.2, 0.25) is 5.91 Å². The van der Waals surface area contributed by atoms with Gasteiger partial charge in [0, 0.05) is 6.92 Å². The van der Waals surface area contributed by atoms with Gasteiger partial charge in [-0.05, 0) is 24.8 Å². The zero-order valence-corrected chi connectivity index (χ0v) is 13.4. The second-order valence-corrected chi connectivity index (χ2v) is 5.74. The van der Waals surface area contributed by atoms with Crippen LogP contribution in [0.5, 0.6) is 0 Å². The number of carbonyl (C=O) groups excluding carboxylic acids is 1. The molecule has 1 amide bonds. The van der Waals surface area contributed by atoms with Gasteiger partial charge in [0.1, 0.15) is 6.04 Å². The van der Waals surface area contributed by atoms with Crippen molar-refractivity contribution in [3.8, 4) is 0 Å². The first-order chi connectivity index (χ1) is 10.6. The Morgan fingerprint density at radius 1 is 1.00 bits per heavy atom. The van der Waals surface area contributed by atoms with Crippen LogP contribution in [0.15, 0.2) is 30.3 Å². The van der Waals surface area contributed by atoms with Gasteiger partial charge in [-0.15, -0.1) is 0 Å². The van der Waals surface area contributed by atoms with Gasteiger partial charge < -0.3 is 10.4 Å². The summed E-state index contributed by atoms with van der Waals surface area (Å²) in [4.78, 5) is 21.9. The van der Waals surface area contributed by atoms with Crippen LogP contribution >= 0.6 is 0 Å². The molecule has 0 aromatic heterocycles. The lowest BCUT2D eigenvalue weighted by molar-refractivity contribution is -0.141. The third-order valence-corrected chi connectivity index (χ3v) is 3.73. The minimum absolute atomic E-state index is 0.284. The lowest BCUT2D eigenvalue weighted by Crippen LogP contribution is -2.39. The Hall–Kier alpha value is -1.84. The Labute approximate surface area is 132 Å². The molecule has 1 rings (SSSR count). The van der Waals surface area contributed by atoms with Crippen molar-refractivity contribution in [1.82, 2.24) is 5.32 Å². The summed E-state index contributed by atoms with van der Waals surface area (Å²) in [6, 6.07) is 9.76. The molecule has 0 aliphatic carbocycles. The third kappa shape index (κ3) is 8.45. The molecule has 0 fully saturated rings. The molecule has 0 saturated heterocycles. The summed E-state index contributed by atoms with van der Waals surface area (Å²) < 4.78 is 0. The third-order valence-electron chi connectivity index (χ3n) is 3.73. The van der Waals surface area contributed by atoms with Crippen LogP contribution in [-0.2, 0) is 16.0 Å². The van der Waals surface area contributed by atoms with Gasteiger partial charge in [-0.3, -0.25) is 4.79 Å². The summed E-state index contributed by atoms with van der Waals surface area (Å²) in [6.07, 6.45) is 8.23. The summed E-state index contributed by atoms with van der Waals surface area (Å²) in [5, 5.41) is 11.5. The maximum absolute atomic E-state index is 11.0. The first-order valence-corrected chi connectivity index (χ1v) is 8.13. The number of carboxylic acid groups (broad SMARTS) is 1. The molecule has 0 aliphatic rings. The van der Waals surface area contributed by atoms with Crippen molar-refractivity contribution in [2.75, 3.05) is 0 Å². The van der Waals surface area contributed by atoms with Gasteiger partial charge in [-0.2, -0.15) is 0 Å². The number of hydrogen-bond acceptors (Lipinski definition) is 2. The summed E-state index contributed by atoms with van der Waals surface area (Å²) in [6.45, 7) is 1.35. The van der Waals surface area contributed by atoms with E-state index in [0.717, 1.165) is 25.7 Å². The van der Waals surface area contributed by atoms with Crippen molar-refractivity contribution in [3.05, 3.63) is 35.9 Å². The van der Waals surface area contributed by atoms with E-state index in [1.807, 2.05) is 6.07 Å². The van der Waals surface area contributed by atoms with E-state index >= 15 is 0 Å². The Kier molecular flexibility index (Phi) is 8.96. The van der Waals surface area contributed by atoms with Crippen LogP contribution in [0.25, 0.3) is 0 Å². The molecule has 0 saturated carbocycles. The highest BCUT2D eigenvalue weighted by molar-refractivity contribution is 5.81. The Bertz CT molecular complexity index is 445. The quantitative estimate of drug-likeness (QED) is 0.614. The highest BCUT2D eigenvalue weighted by Crippen LogP contribution is 2.11. The van der Waals surface area contributed by atoms with Crippen LogP contribution in [0, 0.1) is 0 Å². The number of unbranched alkanes of at least 4 members (excludes halogenated alkanes) is 5. The van der Waals surface area contributed by atoms with Gasteiger partial charge in [0.05, 0.1) is 0 Å². The topological polar surface area (TPSA) is 66.4 Å². The van der Waals surface area contributed by atoms with E-state index in [-0.39, 0.29) is 5.91 Å². The lowest BCUT2D eigenvalue weighted by atomic mass is 10.0. The van der Waals surface area contributed by atoms with Crippen LogP contribution in [0.1, 0.15) is 57.4 Å². The van der Waals surface area contributed by atoms with Crippen LogP contribution in [0.4, 0.5) is 0 Å². The zero-order valence-electron chi connectivity index (χ0n) is 13.4. The van der Waals surface area contributed by atoms with Crippen LogP contribution < -0.4 is 5.32 Å². The molecule has 0 bridgehead atoms. The maximum atomic E-state index is 11.0. The Morgan fingerprint density at radius 2 is 1.59 bits per heavy atom. The van der Waals surface area contributed by atoms with E-state index < -0.39 is 12.0 Å². The van der Waals surface area contributed by atoms with Crippen molar-refractivity contribution in [2.45, 2.75) is 64.3 Å². The lowest BCUT2D eigenvalue weighted by Gasteiger charge is -2.12. The van der Waals surface area contributed by atoms with Gasteiger partial charge in [0.15, 0.2) is 0 Å². The number of carbonyl (C=O) groups is 2. The Morgan fingerprint density at radius 3 is 2.18 bits per heavy atom. The van der Waals surface area contributed by atoms with Crippen molar-refractivity contribution >= 4 is 11.9 Å². The molecule has 1 atom stereocenters. The second-order valence-electron chi connectivity index (χ2n) is 5.74. The van der Waals surface area contributed by atoms with Crippen LogP contribution in [0.2, 0.25) is 0 Å². The first-order valence-electron chi connectivity index (χ1n) is 8.13. The largest absolute Gasteiger partial charge is 0.480 e. The van der Waals surface area contributed by atoms with E-state index in [4.69, 9.17) is 5.11 Å². The fourth-order valence-electron chi connectivity index (χ4n) is 2.53. The average molecular weight is 305 g/mol. The molecule has 0 heterocycles. The number of hydrogen-bond donors (Lipinski definition) is 2. The molecule has 22 heavy (non-hydrogen) atoms. The van der Waals surface area contributed by atoms with Crippen molar-refractivity contribution in [2.24, 2.45) is 0 Å². The number of aryl methyl sites for hydroxylation is 1. The predicted molar refractivity (Wildman–Crippen MR) is 87.7 cm³/mol. The maximum Gasteiger partial charge on any atom is 0.326 e. The van der Waals surface area contributed by atoms with Gasteiger partial charge in [0.25, 0.3) is 0 Å². The van der Waals surface area contributed by atoms with Crippen LogP contribution in [-0.4, -0.2) is 23.0 Å². The molecule has 4 nitrogen and oxygen atoms in total. The Balaban J connectivity index is 2.00. The van der Waals surface area contributed by atoms with Crippen molar-refractivity contribution in [3.63, 3.8) is 0 Å². The number of rotatable bonds is 11. The monoisotopic (exact) mass is 305 g/mol. The molecule has 4 heteroatoms. The second kappa shape index (κ2) is 10.8. The summed E-state index contributed by atoms with van der Waals surface area (Å²) in [5.41, 5.74) is 1.39. The van der Waals surface area contributed by atoms with E-state index in [2.05, 4.69) is 29.6 Å². The van der Waals surface area contributed by atoms with Gasteiger partial charge in [-0.25, -0.2) is 4.79 Å². The molecule has 1 aromatic carbocycles. The number of carboxylic acids is 1. The number of nitrogens with one attached hydrogen (secondary N) is 1. The molecular formula is C18H27NO3. The normalized spacial score (nSPS) is 11.9. The SMILES string of the molecule is CC(=O)N[C@@H](CCCCCCCCc1ccccc1)C(=O)O. The van der Waals surface area contributed by atoms with E-state index in [1.165, 1.54) is 31.7 Å². The summed E-state index contributed by atoms with van der Waals surface area (Å²) in [7, 11) is 0. The highest BCUT2D eigenvalue weighted by atomic mass is 16.4. The molecule has 122 valence electrons. The number of amides is 1. The van der Waals surface area contributed by atoms with E-state index in [0.29, 0.717) is 6.42 Å². The molecule has 0 spiro atoms. The van der Waals surface area contributed by atoms with Crippen molar-refractivity contribution < 1.29 is 14.7 Å². The first kappa shape index (κ1) is 18.2. The molecule has 0 aliphatic heterocycles. The standard InChI is InChI=1S/C18H27NO3/c1-15(20)19-17(18(21)22)14-10-5-3-2-4-7-11-16-12-8-6-9-13-16/h6,8-9,12-13,17H,2-5,7,10-11,14H2,1H3,(H,19,20)(H,21,22)/t17-/m0/s1. The number of aliphatic carboxylic acids is 1. The summed E-state index contributed by atoms with van der Waals surface area (Å²) >= 11 is 0. The smallest absolute Gasteiger partial charge is 0.326 e. The predicted octanol–water partition coefficient (Wildman–Crippen LogP) is 3.55. The molecular weight excluding hydrogens is 278 g/mol. The zero-order chi connectivity index (χ0) is 16.2. The molecule has 2 N–H and O–H groups in total. The fraction of sp³-hybridized carbons (Fsp3) is 0.556. The van der Waals surface area contributed by atoms with E-state index in [1.54, 1.807) is 0 Å². The highest BCUT2D eigenvalue weighted by Gasteiger charge is 2.17. The average Bonchev–Trinajstić information content (AvgIpc) is 2.49. The van der Waals surface area contributed by atoms with Gasteiger partial charge >= 0.3 is 5.97 Å². The van der Waals surface area contributed by atoms with Crippen LogP contribution in [0.3, 0.4) is 0 Å². The molecule has 1 aromatic rings. The summed E-state index contributed by atoms with van der Waals surface area (Å²) in [5.74, 6) is -1.23. The van der Waals surface area contributed by atoms with Gasteiger partial charge in [-0.1, -0.05) is 62.4 Å². The number of benzene rings is 1. The molecule has 0 unspecified atom stereocenters. The van der Waals surface area contributed by atoms with Crippen molar-refractivity contribution in [1.29, 1.82) is 0 Å². The minimum atomic E-state index is -0.946. The van der Waals surface area contributed by atoms with E-state index in [9.17, 15) is 9.59 Å².